The van der Waals surface area contributed by atoms with E-state index in [9.17, 15) is 13.2 Å². The predicted octanol–water partition coefficient (Wildman–Crippen LogP) is 2.87. The van der Waals surface area contributed by atoms with Crippen molar-refractivity contribution in [3.05, 3.63) is 42.0 Å². The Balaban J connectivity index is 3.29. The van der Waals surface area contributed by atoms with Gasteiger partial charge in [0.05, 0.1) is 5.57 Å². The minimum Gasteiger partial charge on any atom is -0.399 e. The van der Waals surface area contributed by atoms with Crippen molar-refractivity contribution in [2.24, 2.45) is 0 Å². The molecule has 0 saturated heterocycles. The van der Waals surface area contributed by atoms with Gasteiger partial charge in [-0.25, -0.2) is 0 Å². The molecule has 0 aliphatic rings. The summed E-state index contributed by atoms with van der Waals surface area (Å²) in [6, 6.07) is 4.67. The van der Waals surface area contributed by atoms with E-state index in [1.807, 2.05) is 0 Å². The van der Waals surface area contributed by atoms with Crippen molar-refractivity contribution < 1.29 is 13.2 Å². The van der Waals surface area contributed by atoms with Crippen molar-refractivity contribution in [2.45, 2.75) is 6.18 Å². The molecule has 1 aromatic carbocycles. The van der Waals surface area contributed by atoms with Crippen molar-refractivity contribution in [3.8, 4) is 0 Å². The molecule has 1 aromatic rings. The van der Waals surface area contributed by atoms with Crippen LogP contribution in [0.25, 0.3) is 5.70 Å². The van der Waals surface area contributed by atoms with Crippen molar-refractivity contribution >= 4 is 17.1 Å². The van der Waals surface area contributed by atoms with Crippen LogP contribution in [0.15, 0.2) is 36.4 Å². The lowest BCUT2D eigenvalue weighted by Crippen LogP contribution is -2.15. The number of halogens is 3. The van der Waals surface area contributed by atoms with Gasteiger partial charge in [0.1, 0.15) is 0 Å². The Labute approximate surface area is 110 Å². The minimum absolute atomic E-state index is 0.315. The largest absolute Gasteiger partial charge is 0.415 e. The molecule has 4 N–H and O–H groups in total. The molecule has 0 unspecified atom stereocenters. The van der Waals surface area contributed by atoms with Crippen LogP contribution in [-0.2, 0) is 0 Å². The third-order valence-corrected chi connectivity index (χ3v) is 2.51. The molecule has 0 fully saturated rings. The molecule has 0 atom stereocenters. The molecular weight excluding hydrogens is 255 g/mol. The molecule has 19 heavy (non-hydrogen) atoms. The first-order valence-electron chi connectivity index (χ1n) is 5.43. The highest BCUT2D eigenvalue weighted by atomic mass is 19.4. The maximum Gasteiger partial charge on any atom is 0.415 e. The number of benzene rings is 1. The van der Waals surface area contributed by atoms with Crippen molar-refractivity contribution in [1.29, 1.82) is 0 Å². The van der Waals surface area contributed by atoms with Gasteiger partial charge < -0.3 is 16.4 Å². The van der Waals surface area contributed by atoms with Crippen LogP contribution < -0.4 is 11.5 Å². The molecule has 0 aliphatic carbocycles. The van der Waals surface area contributed by atoms with E-state index in [1.165, 1.54) is 6.07 Å². The van der Waals surface area contributed by atoms with Crippen LogP contribution in [0.1, 0.15) is 5.56 Å². The SMILES string of the molecule is C=C(/C=C(/c1ccc(N)cc1N)N(C)C)C(F)(F)F. The molecule has 0 amide bonds. The van der Waals surface area contributed by atoms with Crippen molar-refractivity contribution in [3.63, 3.8) is 0 Å². The molecule has 6 heteroatoms. The van der Waals surface area contributed by atoms with E-state index in [-0.39, 0.29) is 0 Å². The number of nitrogens with two attached hydrogens (primary N) is 2. The Bertz CT molecular complexity index is 516. The molecule has 0 aromatic heterocycles. The molecule has 0 saturated carbocycles. The average molecular weight is 271 g/mol. The third kappa shape index (κ3) is 3.67. The fourth-order valence-electron chi connectivity index (χ4n) is 1.51. The highest BCUT2D eigenvalue weighted by Crippen LogP contribution is 2.31. The van der Waals surface area contributed by atoms with Crippen LogP contribution in [0, 0.1) is 0 Å². The zero-order chi connectivity index (χ0) is 14.8. The summed E-state index contributed by atoms with van der Waals surface area (Å²) >= 11 is 0. The summed E-state index contributed by atoms with van der Waals surface area (Å²) in [5.41, 5.74) is 12.0. The maximum absolute atomic E-state index is 12.5. The number of allylic oxidation sites excluding steroid dienone is 2. The second-order valence-corrected chi connectivity index (χ2v) is 4.29. The second kappa shape index (κ2) is 5.26. The Hall–Kier alpha value is -2.11. The summed E-state index contributed by atoms with van der Waals surface area (Å²) in [6.07, 6.45) is -3.51. The smallest absolute Gasteiger partial charge is 0.399 e. The molecule has 0 radical (unpaired) electrons. The van der Waals surface area contributed by atoms with E-state index < -0.39 is 11.7 Å². The maximum atomic E-state index is 12.5. The average Bonchev–Trinajstić information content (AvgIpc) is 2.24. The zero-order valence-electron chi connectivity index (χ0n) is 10.8. The molecule has 0 bridgehead atoms. The van der Waals surface area contributed by atoms with E-state index in [2.05, 4.69) is 6.58 Å². The van der Waals surface area contributed by atoms with Gasteiger partial charge in [0.2, 0.25) is 0 Å². The lowest BCUT2D eigenvalue weighted by molar-refractivity contribution is -0.0878. The van der Waals surface area contributed by atoms with Gasteiger partial charge in [-0.2, -0.15) is 13.2 Å². The Morgan fingerprint density at radius 2 is 1.84 bits per heavy atom. The second-order valence-electron chi connectivity index (χ2n) is 4.29. The first-order chi connectivity index (χ1) is 8.62. The van der Waals surface area contributed by atoms with Gasteiger partial charge in [-0.15, -0.1) is 0 Å². The fourth-order valence-corrected chi connectivity index (χ4v) is 1.51. The van der Waals surface area contributed by atoms with Crippen LogP contribution in [0.3, 0.4) is 0 Å². The summed E-state index contributed by atoms with van der Waals surface area (Å²) in [5, 5.41) is 0. The quantitative estimate of drug-likeness (QED) is 0.656. The van der Waals surface area contributed by atoms with Gasteiger partial charge in [-0.3, -0.25) is 0 Å². The molecule has 3 nitrogen and oxygen atoms in total. The standard InChI is InChI=1S/C13H16F3N3/c1-8(13(14,15)16)6-12(19(2)3)10-5-4-9(17)7-11(10)18/h4-7H,1,17-18H2,2-3H3/b12-6-. The highest BCUT2D eigenvalue weighted by molar-refractivity contribution is 5.77. The van der Waals surface area contributed by atoms with E-state index >= 15 is 0 Å². The van der Waals surface area contributed by atoms with Crippen LogP contribution in [0.2, 0.25) is 0 Å². The topological polar surface area (TPSA) is 55.3 Å². The predicted molar refractivity (Wildman–Crippen MR) is 72.1 cm³/mol. The lowest BCUT2D eigenvalue weighted by Gasteiger charge is -2.20. The molecule has 0 spiro atoms. The van der Waals surface area contributed by atoms with E-state index in [0.717, 1.165) is 6.08 Å². The van der Waals surface area contributed by atoms with Crippen LogP contribution in [0.5, 0.6) is 0 Å². The van der Waals surface area contributed by atoms with E-state index in [4.69, 9.17) is 11.5 Å². The zero-order valence-corrected chi connectivity index (χ0v) is 10.8. The highest BCUT2D eigenvalue weighted by Gasteiger charge is 2.31. The number of nitrogens with zero attached hydrogens (tertiary/aromatic N) is 1. The normalized spacial score (nSPS) is 12.4. The minimum atomic E-state index is -4.47. The van der Waals surface area contributed by atoms with Gasteiger partial charge in [0.25, 0.3) is 0 Å². The number of nitrogen functional groups attached to an aromatic ring is 2. The summed E-state index contributed by atoms with van der Waals surface area (Å²) in [5.74, 6) is 0. The van der Waals surface area contributed by atoms with Crippen LogP contribution in [-0.4, -0.2) is 25.2 Å². The van der Waals surface area contributed by atoms with Crippen LogP contribution >= 0.6 is 0 Å². The summed E-state index contributed by atoms with van der Waals surface area (Å²) in [4.78, 5) is 1.54. The molecule has 1 rings (SSSR count). The molecule has 104 valence electrons. The summed E-state index contributed by atoms with van der Waals surface area (Å²) < 4.78 is 37.6. The molecular formula is C13H16F3N3. The number of rotatable bonds is 3. The first-order valence-corrected chi connectivity index (χ1v) is 5.43. The summed E-state index contributed by atoms with van der Waals surface area (Å²) in [6.45, 7) is 3.03. The van der Waals surface area contributed by atoms with Crippen molar-refractivity contribution in [2.75, 3.05) is 25.6 Å². The lowest BCUT2D eigenvalue weighted by atomic mass is 10.1. The number of alkyl halides is 3. The molecule has 0 heterocycles. The number of anilines is 2. The van der Waals surface area contributed by atoms with E-state index in [0.29, 0.717) is 22.6 Å². The number of hydrogen-bond donors (Lipinski definition) is 2. The summed E-state index contributed by atoms with van der Waals surface area (Å²) in [7, 11) is 3.26. The first kappa shape index (κ1) is 14.9. The number of hydrogen-bond acceptors (Lipinski definition) is 3. The van der Waals surface area contributed by atoms with Crippen molar-refractivity contribution in [1.82, 2.24) is 4.90 Å². The Morgan fingerprint density at radius 3 is 2.26 bits per heavy atom. The van der Waals surface area contributed by atoms with Gasteiger partial charge in [0, 0.05) is 36.7 Å². The van der Waals surface area contributed by atoms with Gasteiger partial charge in [-0.1, -0.05) is 6.58 Å². The fraction of sp³-hybridized carbons (Fsp3) is 0.231. The van der Waals surface area contributed by atoms with Crippen LogP contribution in [0.4, 0.5) is 24.5 Å². The third-order valence-electron chi connectivity index (χ3n) is 2.51. The monoisotopic (exact) mass is 271 g/mol. The van der Waals surface area contributed by atoms with Gasteiger partial charge in [-0.05, 0) is 24.3 Å². The Morgan fingerprint density at radius 1 is 1.26 bits per heavy atom. The van der Waals surface area contributed by atoms with Gasteiger partial charge >= 0.3 is 6.18 Å². The van der Waals surface area contributed by atoms with E-state index in [1.54, 1.807) is 31.1 Å². The molecule has 0 aliphatic heterocycles. The van der Waals surface area contributed by atoms with Gasteiger partial charge in [0.15, 0.2) is 0 Å². The Kier molecular flexibility index (Phi) is 4.14.